The Kier molecular flexibility index (Phi) is 2.85. The number of hydrogen-bond donors (Lipinski definition) is 0. The van der Waals surface area contributed by atoms with Crippen LogP contribution in [0.25, 0.3) is 0 Å². The van der Waals surface area contributed by atoms with Gasteiger partial charge in [-0.15, -0.1) is 0 Å². The third-order valence-electron chi connectivity index (χ3n) is 3.39. The van der Waals surface area contributed by atoms with E-state index in [4.69, 9.17) is 9.47 Å². The van der Waals surface area contributed by atoms with Crippen LogP contribution in [-0.4, -0.2) is 18.0 Å². The topological polar surface area (TPSA) is 18.5 Å². The van der Waals surface area contributed by atoms with E-state index in [9.17, 15) is 0 Å². The molecule has 82 valence electrons. The van der Waals surface area contributed by atoms with Crippen LogP contribution in [0.2, 0.25) is 0 Å². The van der Waals surface area contributed by atoms with Crippen molar-refractivity contribution in [1.29, 1.82) is 0 Å². The van der Waals surface area contributed by atoms with Gasteiger partial charge in [-0.1, -0.05) is 6.92 Å². The molecule has 0 aliphatic carbocycles. The first kappa shape index (κ1) is 10.4. The predicted molar refractivity (Wildman–Crippen MR) is 56.1 cm³/mol. The van der Waals surface area contributed by atoms with Crippen molar-refractivity contribution < 1.29 is 9.47 Å². The van der Waals surface area contributed by atoms with Crippen LogP contribution in [0, 0.1) is 5.92 Å². The van der Waals surface area contributed by atoms with Crippen LogP contribution in [0.4, 0.5) is 0 Å². The summed E-state index contributed by atoms with van der Waals surface area (Å²) in [4.78, 5) is 0. The van der Waals surface area contributed by atoms with E-state index in [1.54, 1.807) is 0 Å². The average molecular weight is 198 g/mol. The minimum absolute atomic E-state index is 0.227. The zero-order valence-electron chi connectivity index (χ0n) is 9.58. The van der Waals surface area contributed by atoms with Crippen molar-refractivity contribution in [1.82, 2.24) is 0 Å². The van der Waals surface area contributed by atoms with Crippen LogP contribution in [0.5, 0.6) is 0 Å². The third kappa shape index (κ3) is 2.12. The second-order valence-corrected chi connectivity index (χ2v) is 5.20. The van der Waals surface area contributed by atoms with Crippen LogP contribution < -0.4 is 0 Å². The molecule has 0 aromatic carbocycles. The predicted octanol–water partition coefficient (Wildman–Crippen LogP) is 3.11. The smallest absolute Gasteiger partial charge is 0.169 e. The highest BCUT2D eigenvalue weighted by Crippen LogP contribution is 2.40. The summed E-state index contributed by atoms with van der Waals surface area (Å²) < 4.78 is 12.1. The van der Waals surface area contributed by atoms with Gasteiger partial charge in [0, 0.05) is 12.8 Å². The van der Waals surface area contributed by atoms with Gasteiger partial charge < -0.3 is 9.47 Å². The largest absolute Gasteiger partial charge is 0.347 e. The molecule has 2 heteroatoms. The second kappa shape index (κ2) is 3.82. The third-order valence-corrected chi connectivity index (χ3v) is 3.39. The van der Waals surface area contributed by atoms with Crippen LogP contribution >= 0.6 is 0 Å². The van der Waals surface area contributed by atoms with Crippen molar-refractivity contribution in [3.8, 4) is 0 Å². The first-order valence-electron chi connectivity index (χ1n) is 5.95. The molecule has 0 saturated carbocycles. The summed E-state index contributed by atoms with van der Waals surface area (Å²) in [5.41, 5.74) is 0. The van der Waals surface area contributed by atoms with Gasteiger partial charge >= 0.3 is 0 Å². The maximum atomic E-state index is 6.03. The summed E-state index contributed by atoms with van der Waals surface area (Å²) in [5, 5.41) is 0. The zero-order chi connectivity index (χ0) is 10.2. The Hall–Kier alpha value is -0.0800. The molecule has 0 N–H and O–H groups in total. The number of hydrogen-bond acceptors (Lipinski definition) is 2. The van der Waals surface area contributed by atoms with E-state index in [-0.39, 0.29) is 5.79 Å². The van der Waals surface area contributed by atoms with Gasteiger partial charge in [-0.3, -0.25) is 0 Å². The van der Waals surface area contributed by atoms with Gasteiger partial charge in [-0.2, -0.15) is 0 Å². The fourth-order valence-corrected chi connectivity index (χ4v) is 3.02. The molecule has 0 amide bonds. The van der Waals surface area contributed by atoms with Crippen molar-refractivity contribution in [3.63, 3.8) is 0 Å². The van der Waals surface area contributed by atoms with E-state index in [2.05, 4.69) is 20.8 Å². The van der Waals surface area contributed by atoms with Crippen molar-refractivity contribution in [2.75, 3.05) is 0 Å². The van der Waals surface area contributed by atoms with Gasteiger partial charge in [0.15, 0.2) is 5.79 Å². The highest BCUT2D eigenvalue weighted by Gasteiger charge is 2.42. The maximum Gasteiger partial charge on any atom is 0.169 e. The normalized spacial score (nSPS) is 49.5. The average Bonchev–Trinajstić information content (AvgIpc) is 1.99. The molecule has 2 fully saturated rings. The van der Waals surface area contributed by atoms with Gasteiger partial charge in [0.1, 0.15) is 0 Å². The first-order valence-corrected chi connectivity index (χ1v) is 5.95. The van der Waals surface area contributed by atoms with E-state index in [1.165, 1.54) is 19.3 Å². The van der Waals surface area contributed by atoms with Crippen molar-refractivity contribution >= 4 is 0 Å². The fourth-order valence-electron chi connectivity index (χ4n) is 3.02. The Bertz CT molecular complexity index is 187. The quantitative estimate of drug-likeness (QED) is 0.595. The molecule has 0 unspecified atom stereocenters. The summed E-state index contributed by atoms with van der Waals surface area (Å²) >= 11 is 0. The lowest BCUT2D eigenvalue weighted by Crippen LogP contribution is -2.48. The van der Waals surface area contributed by atoms with E-state index < -0.39 is 0 Å². The monoisotopic (exact) mass is 198 g/mol. The molecule has 1 spiro atoms. The summed E-state index contributed by atoms with van der Waals surface area (Å²) in [7, 11) is 0. The maximum absolute atomic E-state index is 6.03. The van der Waals surface area contributed by atoms with Crippen molar-refractivity contribution in [2.45, 2.75) is 70.9 Å². The Labute approximate surface area is 87.0 Å². The van der Waals surface area contributed by atoms with Gasteiger partial charge in [0.05, 0.1) is 12.2 Å². The molecule has 2 aliphatic heterocycles. The molecule has 0 bridgehead atoms. The highest BCUT2D eigenvalue weighted by molar-refractivity contribution is 4.84. The van der Waals surface area contributed by atoms with E-state index in [0.717, 1.165) is 18.8 Å². The second-order valence-electron chi connectivity index (χ2n) is 5.20. The van der Waals surface area contributed by atoms with Crippen molar-refractivity contribution in [3.05, 3.63) is 0 Å². The lowest BCUT2D eigenvalue weighted by atomic mass is 9.87. The lowest BCUT2D eigenvalue weighted by Gasteiger charge is -2.46. The molecule has 2 aliphatic rings. The Morgan fingerprint density at radius 2 is 1.79 bits per heavy atom. The Balaban J connectivity index is 2.05. The standard InChI is InChI=1S/C12H22O2/c1-9-7-11(3)14-12(8-9)6-4-5-10(2)13-12/h9-11H,4-8H2,1-3H3/t9-,10+,11+,12+/m0/s1. The molecule has 2 heterocycles. The van der Waals surface area contributed by atoms with Gasteiger partial charge in [0.2, 0.25) is 0 Å². The molecule has 2 saturated heterocycles. The summed E-state index contributed by atoms with van der Waals surface area (Å²) in [6, 6.07) is 0. The molecular weight excluding hydrogens is 176 g/mol. The molecule has 0 aromatic rings. The number of ether oxygens (including phenoxy) is 2. The van der Waals surface area contributed by atoms with Gasteiger partial charge in [-0.05, 0) is 39.0 Å². The van der Waals surface area contributed by atoms with E-state index in [1.807, 2.05) is 0 Å². The molecular formula is C12H22O2. The van der Waals surface area contributed by atoms with Crippen LogP contribution in [0.1, 0.15) is 52.9 Å². The van der Waals surface area contributed by atoms with Gasteiger partial charge in [-0.25, -0.2) is 0 Å². The molecule has 0 aromatic heterocycles. The minimum Gasteiger partial charge on any atom is -0.347 e. The molecule has 2 rings (SSSR count). The van der Waals surface area contributed by atoms with Gasteiger partial charge in [0.25, 0.3) is 0 Å². The Morgan fingerprint density at radius 3 is 2.43 bits per heavy atom. The van der Waals surface area contributed by atoms with Crippen molar-refractivity contribution in [2.24, 2.45) is 5.92 Å². The first-order chi connectivity index (χ1) is 6.60. The Morgan fingerprint density at radius 1 is 1.07 bits per heavy atom. The molecule has 14 heavy (non-hydrogen) atoms. The van der Waals surface area contributed by atoms with Crippen LogP contribution in [0.3, 0.4) is 0 Å². The lowest BCUT2D eigenvalue weighted by molar-refractivity contribution is -0.316. The van der Waals surface area contributed by atoms with Crippen LogP contribution in [-0.2, 0) is 9.47 Å². The summed E-state index contributed by atoms with van der Waals surface area (Å²) in [6.07, 6.45) is 6.53. The van der Waals surface area contributed by atoms with E-state index >= 15 is 0 Å². The fraction of sp³-hybridized carbons (Fsp3) is 1.00. The molecule has 2 nitrogen and oxygen atoms in total. The number of rotatable bonds is 0. The summed E-state index contributed by atoms with van der Waals surface area (Å²) in [5.74, 6) is 0.512. The minimum atomic E-state index is -0.227. The highest BCUT2D eigenvalue weighted by atomic mass is 16.7. The van der Waals surface area contributed by atoms with Crippen LogP contribution in [0.15, 0.2) is 0 Å². The molecule has 4 atom stereocenters. The van der Waals surface area contributed by atoms with E-state index in [0.29, 0.717) is 12.2 Å². The molecule has 0 radical (unpaired) electrons. The zero-order valence-corrected chi connectivity index (χ0v) is 9.58. The SMILES string of the molecule is C[C@H]1C[C@@H](C)O[C@]2(CCC[C@@H](C)O2)C1. The summed E-state index contributed by atoms with van der Waals surface area (Å²) in [6.45, 7) is 6.64.